The summed E-state index contributed by atoms with van der Waals surface area (Å²) in [6.45, 7) is 4.79. The van der Waals surface area contributed by atoms with Crippen LogP contribution in [0.25, 0.3) is 0 Å². The average Bonchev–Trinajstić information content (AvgIpc) is 2.76. The summed E-state index contributed by atoms with van der Waals surface area (Å²) in [7, 11) is 0. The van der Waals surface area contributed by atoms with Gasteiger partial charge in [0.15, 0.2) is 5.82 Å². The maximum atomic E-state index is 5.58. The van der Waals surface area contributed by atoms with Crippen LogP contribution < -0.4 is 5.73 Å². The first-order valence-corrected chi connectivity index (χ1v) is 6.24. The van der Waals surface area contributed by atoms with Gasteiger partial charge in [-0.15, -0.1) is 0 Å². The van der Waals surface area contributed by atoms with Crippen LogP contribution in [0.4, 0.5) is 0 Å². The molecule has 0 aliphatic carbocycles. The maximum Gasteiger partial charge on any atom is 0.226 e. The monoisotopic (exact) mass is 245 g/mol. The Morgan fingerprint density at radius 3 is 2.94 bits per heavy atom. The predicted octanol–water partition coefficient (Wildman–Crippen LogP) is 2.11. The smallest absolute Gasteiger partial charge is 0.226 e. The van der Waals surface area contributed by atoms with E-state index in [1.807, 2.05) is 6.07 Å². The van der Waals surface area contributed by atoms with Crippen molar-refractivity contribution < 1.29 is 4.52 Å². The molecule has 1 heterocycles. The molecule has 0 radical (unpaired) electrons. The summed E-state index contributed by atoms with van der Waals surface area (Å²) < 4.78 is 5.22. The molecule has 1 atom stereocenters. The Balaban J connectivity index is 2.02. The fourth-order valence-corrected chi connectivity index (χ4v) is 1.83. The first-order valence-electron chi connectivity index (χ1n) is 6.24. The Bertz CT molecular complexity index is 507. The summed E-state index contributed by atoms with van der Waals surface area (Å²) in [4.78, 5) is 4.39. The van der Waals surface area contributed by atoms with E-state index >= 15 is 0 Å². The highest BCUT2D eigenvalue weighted by Gasteiger charge is 2.10. The Morgan fingerprint density at radius 1 is 1.39 bits per heavy atom. The van der Waals surface area contributed by atoms with Crippen LogP contribution in [0.15, 0.2) is 28.8 Å². The highest BCUT2D eigenvalue weighted by Crippen LogP contribution is 2.10. The Labute approximate surface area is 107 Å². The van der Waals surface area contributed by atoms with E-state index < -0.39 is 0 Å². The third-order valence-electron chi connectivity index (χ3n) is 2.88. The molecular formula is C14H19N3O. The van der Waals surface area contributed by atoms with Gasteiger partial charge in [-0.25, -0.2) is 0 Å². The van der Waals surface area contributed by atoms with Gasteiger partial charge in [-0.1, -0.05) is 41.9 Å². The highest BCUT2D eigenvalue weighted by molar-refractivity contribution is 5.24. The first kappa shape index (κ1) is 12.8. The second-order valence-corrected chi connectivity index (χ2v) is 4.82. The number of aromatic nitrogens is 2. The lowest BCUT2D eigenvalue weighted by molar-refractivity contribution is 0.356. The number of benzene rings is 1. The van der Waals surface area contributed by atoms with Gasteiger partial charge in [-0.3, -0.25) is 0 Å². The zero-order valence-electron chi connectivity index (χ0n) is 10.9. The fraction of sp³-hybridized carbons (Fsp3) is 0.429. The number of nitrogens with zero attached hydrogens (tertiary/aromatic N) is 2. The molecule has 4 heteroatoms. The quantitative estimate of drug-likeness (QED) is 0.876. The van der Waals surface area contributed by atoms with Crippen molar-refractivity contribution in [2.45, 2.75) is 26.7 Å². The zero-order chi connectivity index (χ0) is 13.0. The van der Waals surface area contributed by atoms with Gasteiger partial charge in [0, 0.05) is 12.8 Å². The SMILES string of the molecule is Cc1cccc(Cc2noc(CC(C)CN)n2)c1. The minimum absolute atomic E-state index is 0.372. The molecule has 2 rings (SSSR count). The molecule has 2 aromatic rings. The summed E-state index contributed by atoms with van der Waals surface area (Å²) in [6.07, 6.45) is 1.46. The van der Waals surface area contributed by atoms with E-state index in [-0.39, 0.29) is 0 Å². The van der Waals surface area contributed by atoms with Gasteiger partial charge in [-0.2, -0.15) is 4.98 Å². The minimum atomic E-state index is 0.372. The molecule has 18 heavy (non-hydrogen) atoms. The van der Waals surface area contributed by atoms with Crippen LogP contribution in [0.5, 0.6) is 0 Å². The summed E-state index contributed by atoms with van der Waals surface area (Å²) in [5.41, 5.74) is 8.02. The second kappa shape index (κ2) is 5.78. The standard InChI is InChI=1S/C14H19N3O/c1-10-4-3-5-12(6-10)8-13-16-14(18-17-13)7-11(2)9-15/h3-6,11H,7-9,15H2,1-2H3. The lowest BCUT2D eigenvalue weighted by Crippen LogP contribution is -2.13. The van der Waals surface area contributed by atoms with Crippen molar-refractivity contribution in [2.75, 3.05) is 6.54 Å². The number of rotatable bonds is 5. The molecule has 1 aromatic heterocycles. The van der Waals surface area contributed by atoms with Crippen molar-refractivity contribution in [1.82, 2.24) is 10.1 Å². The van der Waals surface area contributed by atoms with Crippen molar-refractivity contribution in [3.8, 4) is 0 Å². The van der Waals surface area contributed by atoms with E-state index in [0.717, 1.165) is 12.2 Å². The molecule has 1 aromatic carbocycles. The molecule has 0 aliphatic heterocycles. The van der Waals surface area contributed by atoms with Crippen molar-refractivity contribution >= 4 is 0 Å². The first-order chi connectivity index (χ1) is 8.67. The summed E-state index contributed by atoms with van der Waals surface area (Å²) in [5.74, 6) is 1.78. The van der Waals surface area contributed by atoms with Gasteiger partial charge in [0.1, 0.15) is 0 Å². The van der Waals surface area contributed by atoms with Gasteiger partial charge in [-0.05, 0) is 24.9 Å². The number of nitrogens with two attached hydrogens (primary N) is 1. The van der Waals surface area contributed by atoms with Gasteiger partial charge >= 0.3 is 0 Å². The minimum Gasteiger partial charge on any atom is -0.339 e. The third kappa shape index (κ3) is 3.40. The predicted molar refractivity (Wildman–Crippen MR) is 70.2 cm³/mol. The van der Waals surface area contributed by atoms with Crippen LogP contribution in [0.3, 0.4) is 0 Å². The van der Waals surface area contributed by atoms with Gasteiger partial charge in [0.05, 0.1) is 0 Å². The Hall–Kier alpha value is -1.68. The molecule has 0 bridgehead atoms. The van der Waals surface area contributed by atoms with Crippen LogP contribution in [-0.4, -0.2) is 16.7 Å². The van der Waals surface area contributed by atoms with Crippen LogP contribution in [0.2, 0.25) is 0 Å². The highest BCUT2D eigenvalue weighted by atomic mass is 16.5. The van der Waals surface area contributed by atoms with E-state index in [0.29, 0.717) is 24.8 Å². The molecule has 1 unspecified atom stereocenters. The molecular weight excluding hydrogens is 226 g/mol. The van der Waals surface area contributed by atoms with Crippen LogP contribution in [0.1, 0.15) is 29.8 Å². The molecule has 2 N–H and O–H groups in total. The molecule has 96 valence electrons. The van der Waals surface area contributed by atoms with Crippen LogP contribution in [-0.2, 0) is 12.8 Å². The normalized spacial score (nSPS) is 12.6. The second-order valence-electron chi connectivity index (χ2n) is 4.82. The van der Waals surface area contributed by atoms with Gasteiger partial charge in [0.2, 0.25) is 5.89 Å². The van der Waals surface area contributed by atoms with Crippen LogP contribution in [0, 0.1) is 12.8 Å². The van der Waals surface area contributed by atoms with E-state index in [1.165, 1.54) is 11.1 Å². The van der Waals surface area contributed by atoms with E-state index in [2.05, 4.69) is 42.2 Å². The zero-order valence-corrected chi connectivity index (χ0v) is 10.9. The molecule has 4 nitrogen and oxygen atoms in total. The van der Waals surface area contributed by atoms with Gasteiger partial charge in [0.25, 0.3) is 0 Å². The fourth-order valence-electron chi connectivity index (χ4n) is 1.83. The Morgan fingerprint density at radius 2 is 2.22 bits per heavy atom. The third-order valence-corrected chi connectivity index (χ3v) is 2.88. The summed E-state index contributed by atoms with van der Waals surface area (Å²) in [6, 6.07) is 8.33. The molecule has 0 aliphatic rings. The topological polar surface area (TPSA) is 64.9 Å². The Kier molecular flexibility index (Phi) is 4.10. The average molecular weight is 245 g/mol. The van der Waals surface area contributed by atoms with Crippen molar-refractivity contribution in [1.29, 1.82) is 0 Å². The summed E-state index contributed by atoms with van der Waals surface area (Å²) >= 11 is 0. The van der Waals surface area contributed by atoms with Crippen molar-refractivity contribution in [3.63, 3.8) is 0 Å². The lowest BCUT2D eigenvalue weighted by Gasteiger charge is -2.02. The molecule has 0 saturated heterocycles. The number of hydrogen-bond acceptors (Lipinski definition) is 4. The molecule has 0 fully saturated rings. The summed E-state index contributed by atoms with van der Waals surface area (Å²) in [5, 5.41) is 4.00. The van der Waals surface area contributed by atoms with E-state index in [1.54, 1.807) is 0 Å². The lowest BCUT2D eigenvalue weighted by atomic mass is 10.1. The van der Waals surface area contributed by atoms with E-state index in [4.69, 9.17) is 10.3 Å². The van der Waals surface area contributed by atoms with Crippen molar-refractivity contribution in [2.24, 2.45) is 11.7 Å². The van der Waals surface area contributed by atoms with Crippen molar-refractivity contribution in [3.05, 3.63) is 47.1 Å². The van der Waals surface area contributed by atoms with E-state index in [9.17, 15) is 0 Å². The van der Waals surface area contributed by atoms with Crippen LogP contribution >= 0.6 is 0 Å². The van der Waals surface area contributed by atoms with Gasteiger partial charge < -0.3 is 10.3 Å². The molecule has 0 spiro atoms. The molecule has 0 saturated carbocycles. The largest absolute Gasteiger partial charge is 0.339 e. The maximum absolute atomic E-state index is 5.58. The number of hydrogen-bond donors (Lipinski definition) is 1. The number of aryl methyl sites for hydroxylation is 1. The molecule has 0 amide bonds.